The van der Waals surface area contributed by atoms with Crippen LogP contribution in [-0.2, 0) is 0 Å². The third-order valence-corrected chi connectivity index (χ3v) is 1.65. The summed E-state index contributed by atoms with van der Waals surface area (Å²) in [6.07, 6.45) is 3.52. The highest BCUT2D eigenvalue weighted by Crippen LogP contribution is 2.14. The summed E-state index contributed by atoms with van der Waals surface area (Å²) in [5.74, 6) is 0. The summed E-state index contributed by atoms with van der Waals surface area (Å²) in [6, 6.07) is 0. The van der Waals surface area contributed by atoms with Gasteiger partial charge in [0.25, 0.3) is 0 Å². The SMILES string of the molecule is C=NC(/C(C)=C/C=NC)=C(\C)CO. The average molecular weight is 180 g/mol. The van der Waals surface area contributed by atoms with Gasteiger partial charge >= 0.3 is 0 Å². The number of allylic oxidation sites excluding steroid dienone is 2. The van der Waals surface area contributed by atoms with E-state index < -0.39 is 0 Å². The van der Waals surface area contributed by atoms with Crippen LogP contribution in [0.2, 0.25) is 0 Å². The van der Waals surface area contributed by atoms with Crippen LogP contribution < -0.4 is 0 Å². The van der Waals surface area contributed by atoms with Crippen molar-refractivity contribution in [2.75, 3.05) is 13.7 Å². The van der Waals surface area contributed by atoms with Gasteiger partial charge in [-0.3, -0.25) is 9.98 Å². The largest absolute Gasteiger partial charge is 0.392 e. The molecule has 0 fully saturated rings. The van der Waals surface area contributed by atoms with Crippen molar-refractivity contribution in [1.29, 1.82) is 0 Å². The molecular weight excluding hydrogens is 164 g/mol. The van der Waals surface area contributed by atoms with Crippen LogP contribution in [0.25, 0.3) is 0 Å². The van der Waals surface area contributed by atoms with Gasteiger partial charge in [-0.05, 0) is 37.8 Å². The fourth-order valence-electron chi connectivity index (χ4n) is 0.936. The summed E-state index contributed by atoms with van der Waals surface area (Å²) < 4.78 is 0. The predicted octanol–water partition coefficient (Wildman–Crippen LogP) is 1.60. The number of aliphatic hydroxyl groups excluding tert-OH is 1. The average Bonchev–Trinajstić information content (AvgIpc) is 2.15. The molecule has 0 aromatic heterocycles. The van der Waals surface area contributed by atoms with Crippen LogP contribution in [0.4, 0.5) is 0 Å². The summed E-state index contributed by atoms with van der Waals surface area (Å²) in [7, 11) is 1.70. The molecule has 0 spiro atoms. The minimum Gasteiger partial charge on any atom is -0.392 e. The second-order valence-corrected chi connectivity index (χ2v) is 2.70. The van der Waals surface area contributed by atoms with E-state index in [0.717, 1.165) is 16.8 Å². The van der Waals surface area contributed by atoms with Gasteiger partial charge in [0.15, 0.2) is 0 Å². The summed E-state index contributed by atoms with van der Waals surface area (Å²) in [5.41, 5.74) is 2.50. The second kappa shape index (κ2) is 6.31. The second-order valence-electron chi connectivity index (χ2n) is 2.70. The van der Waals surface area contributed by atoms with Crippen LogP contribution in [0, 0.1) is 0 Å². The van der Waals surface area contributed by atoms with E-state index in [1.54, 1.807) is 13.3 Å². The number of hydrogen-bond donors (Lipinski definition) is 1. The van der Waals surface area contributed by atoms with E-state index in [2.05, 4.69) is 16.7 Å². The van der Waals surface area contributed by atoms with Gasteiger partial charge in [0.1, 0.15) is 0 Å². The quantitative estimate of drug-likeness (QED) is 0.518. The first-order valence-corrected chi connectivity index (χ1v) is 4.04. The Labute approximate surface area is 79.2 Å². The van der Waals surface area contributed by atoms with Crippen LogP contribution >= 0.6 is 0 Å². The molecule has 0 heterocycles. The number of hydrogen-bond acceptors (Lipinski definition) is 3. The van der Waals surface area contributed by atoms with Crippen molar-refractivity contribution in [3.8, 4) is 0 Å². The summed E-state index contributed by atoms with van der Waals surface area (Å²) in [4.78, 5) is 7.68. The minimum absolute atomic E-state index is 0.00278. The highest BCUT2D eigenvalue weighted by molar-refractivity contribution is 5.73. The number of rotatable bonds is 4. The maximum atomic E-state index is 8.90. The summed E-state index contributed by atoms with van der Waals surface area (Å²) in [6.45, 7) is 7.19. The Hall–Kier alpha value is -1.22. The third-order valence-electron chi connectivity index (χ3n) is 1.65. The first-order valence-electron chi connectivity index (χ1n) is 4.04. The first kappa shape index (κ1) is 11.8. The molecule has 0 aliphatic rings. The summed E-state index contributed by atoms with van der Waals surface area (Å²) in [5, 5.41) is 8.90. The predicted molar refractivity (Wildman–Crippen MR) is 57.5 cm³/mol. The van der Waals surface area contributed by atoms with Crippen LogP contribution in [-0.4, -0.2) is 31.7 Å². The lowest BCUT2D eigenvalue weighted by molar-refractivity contribution is 0.330. The Morgan fingerprint density at radius 2 is 2.08 bits per heavy atom. The molecule has 0 aliphatic heterocycles. The van der Waals surface area contributed by atoms with E-state index in [-0.39, 0.29) is 6.61 Å². The van der Waals surface area contributed by atoms with Crippen molar-refractivity contribution in [2.45, 2.75) is 13.8 Å². The van der Waals surface area contributed by atoms with Crippen LogP contribution in [0.3, 0.4) is 0 Å². The molecule has 0 saturated carbocycles. The maximum absolute atomic E-state index is 8.90. The molecule has 0 aliphatic carbocycles. The molecule has 0 radical (unpaired) electrons. The molecule has 0 atom stereocenters. The van der Waals surface area contributed by atoms with Crippen LogP contribution in [0.1, 0.15) is 13.8 Å². The molecule has 13 heavy (non-hydrogen) atoms. The van der Waals surface area contributed by atoms with Crippen molar-refractivity contribution in [3.05, 3.63) is 22.9 Å². The molecule has 0 saturated heterocycles. The Morgan fingerprint density at radius 1 is 1.46 bits per heavy atom. The zero-order chi connectivity index (χ0) is 10.3. The van der Waals surface area contributed by atoms with Gasteiger partial charge < -0.3 is 5.11 Å². The smallest absolute Gasteiger partial charge is 0.0664 e. The van der Waals surface area contributed by atoms with Crippen molar-refractivity contribution in [2.24, 2.45) is 9.98 Å². The van der Waals surface area contributed by atoms with Gasteiger partial charge in [0, 0.05) is 13.3 Å². The van der Waals surface area contributed by atoms with E-state index in [1.807, 2.05) is 19.9 Å². The van der Waals surface area contributed by atoms with Gasteiger partial charge in [0.05, 0.1) is 12.3 Å². The minimum atomic E-state index is 0.00278. The molecule has 0 rings (SSSR count). The number of nitrogens with zero attached hydrogens (tertiary/aromatic N) is 2. The van der Waals surface area contributed by atoms with Gasteiger partial charge in [-0.15, -0.1) is 0 Å². The van der Waals surface area contributed by atoms with E-state index in [0.29, 0.717) is 0 Å². The van der Waals surface area contributed by atoms with E-state index >= 15 is 0 Å². The molecule has 0 aromatic rings. The molecule has 72 valence electrons. The van der Waals surface area contributed by atoms with Crippen LogP contribution in [0.5, 0.6) is 0 Å². The van der Waals surface area contributed by atoms with E-state index in [1.165, 1.54) is 0 Å². The Morgan fingerprint density at radius 3 is 2.46 bits per heavy atom. The van der Waals surface area contributed by atoms with Crippen molar-refractivity contribution < 1.29 is 5.11 Å². The fourth-order valence-corrected chi connectivity index (χ4v) is 0.936. The maximum Gasteiger partial charge on any atom is 0.0664 e. The molecule has 0 aromatic carbocycles. The zero-order valence-corrected chi connectivity index (χ0v) is 8.41. The standard InChI is InChI=1S/C10H16N2O/c1-8(5-6-11-3)10(12-4)9(2)7-13/h5-6,13H,4,7H2,1-3H3/b8-5+,10-9+,11-6?. The zero-order valence-electron chi connectivity index (χ0n) is 8.41. The van der Waals surface area contributed by atoms with Crippen molar-refractivity contribution >= 4 is 12.9 Å². The molecule has 0 amide bonds. The molecule has 1 N–H and O–H groups in total. The fraction of sp³-hybridized carbons (Fsp3) is 0.400. The first-order chi connectivity index (χ1) is 6.17. The topological polar surface area (TPSA) is 45.0 Å². The monoisotopic (exact) mass is 180 g/mol. The van der Waals surface area contributed by atoms with E-state index in [9.17, 15) is 0 Å². The molecule has 3 nitrogen and oxygen atoms in total. The van der Waals surface area contributed by atoms with Gasteiger partial charge in [-0.25, -0.2) is 0 Å². The van der Waals surface area contributed by atoms with Crippen LogP contribution in [0.15, 0.2) is 32.9 Å². The molecule has 0 unspecified atom stereocenters. The Kier molecular flexibility index (Phi) is 5.72. The molecular formula is C10H16N2O. The number of aliphatic imine (C=N–C) groups is 2. The highest BCUT2D eigenvalue weighted by Gasteiger charge is 2.00. The van der Waals surface area contributed by atoms with Crippen molar-refractivity contribution in [1.82, 2.24) is 0 Å². The van der Waals surface area contributed by atoms with Gasteiger partial charge in [-0.2, -0.15) is 0 Å². The lowest BCUT2D eigenvalue weighted by atomic mass is 10.1. The number of aliphatic hydroxyl groups is 1. The lowest BCUT2D eigenvalue weighted by Crippen LogP contribution is -1.93. The lowest BCUT2D eigenvalue weighted by Gasteiger charge is -2.04. The molecule has 3 heteroatoms. The third kappa shape index (κ3) is 3.80. The Balaban J connectivity index is 4.89. The molecule has 0 bridgehead atoms. The Bertz CT molecular complexity index is 262. The van der Waals surface area contributed by atoms with E-state index in [4.69, 9.17) is 5.11 Å². The highest BCUT2D eigenvalue weighted by atomic mass is 16.3. The summed E-state index contributed by atoms with van der Waals surface area (Å²) >= 11 is 0. The normalized spacial score (nSPS) is 14.6. The van der Waals surface area contributed by atoms with Gasteiger partial charge in [-0.1, -0.05) is 0 Å². The van der Waals surface area contributed by atoms with Gasteiger partial charge in [0.2, 0.25) is 0 Å². The van der Waals surface area contributed by atoms with Crippen molar-refractivity contribution in [3.63, 3.8) is 0 Å².